The summed E-state index contributed by atoms with van der Waals surface area (Å²) in [4.78, 5) is 29.1. The fourth-order valence-corrected chi connectivity index (χ4v) is 6.45. The highest BCUT2D eigenvalue weighted by Crippen LogP contribution is 2.31. The summed E-state index contributed by atoms with van der Waals surface area (Å²) in [7, 11) is -2.69. The van der Waals surface area contributed by atoms with Gasteiger partial charge in [-0.25, -0.2) is 8.42 Å². The van der Waals surface area contributed by atoms with Gasteiger partial charge in [0, 0.05) is 20.0 Å². The van der Waals surface area contributed by atoms with Crippen molar-refractivity contribution in [1.29, 1.82) is 0 Å². The Morgan fingerprint density at radius 1 is 0.810 bits per heavy atom. The number of para-hydroxylation sites is 1. The highest BCUT2D eigenvalue weighted by molar-refractivity contribution is 7.92. The van der Waals surface area contributed by atoms with E-state index in [4.69, 9.17) is 11.6 Å². The predicted octanol–water partition coefficient (Wildman–Crippen LogP) is 5.54. The predicted molar refractivity (Wildman–Crippen MR) is 167 cm³/mol. The van der Waals surface area contributed by atoms with E-state index < -0.39 is 28.5 Å². The minimum Gasteiger partial charge on any atom is -0.357 e. The van der Waals surface area contributed by atoms with Gasteiger partial charge in [0.15, 0.2) is 0 Å². The molecule has 1 N–H and O–H groups in total. The lowest BCUT2D eigenvalue weighted by atomic mass is 10.0. The quantitative estimate of drug-likeness (QED) is 0.244. The van der Waals surface area contributed by atoms with Gasteiger partial charge in [-0.15, -0.1) is 0 Å². The molecule has 0 aromatic heterocycles. The smallest absolute Gasteiger partial charge is 0.264 e. The molecule has 9 heteroatoms. The molecule has 0 aliphatic heterocycles. The third-order valence-electron chi connectivity index (χ3n) is 6.96. The fraction of sp³-hybridized carbons (Fsp3) is 0.212. The number of carbonyl (C=O) groups excluding carboxylic acids is 2. The van der Waals surface area contributed by atoms with Crippen molar-refractivity contribution in [3.63, 3.8) is 0 Å². The lowest BCUT2D eigenvalue weighted by Crippen LogP contribution is -2.53. The molecular weight excluding hydrogens is 570 g/mol. The zero-order valence-electron chi connectivity index (χ0n) is 23.8. The molecule has 0 spiro atoms. The van der Waals surface area contributed by atoms with Crippen LogP contribution in [0.5, 0.6) is 0 Å². The van der Waals surface area contributed by atoms with Crippen molar-refractivity contribution in [2.45, 2.75) is 37.8 Å². The topological polar surface area (TPSA) is 86.8 Å². The van der Waals surface area contributed by atoms with E-state index in [1.165, 1.54) is 24.1 Å². The van der Waals surface area contributed by atoms with Gasteiger partial charge in [-0.05, 0) is 49.2 Å². The summed E-state index contributed by atoms with van der Waals surface area (Å²) in [5.41, 5.74) is 3.75. The molecule has 218 valence electrons. The molecule has 1 atom stereocenters. The van der Waals surface area contributed by atoms with Crippen molar-refractivity contribution in [3.05, 3.63) is 130 Å². The lowest BCUT2D eigenvalue weighted by Gasteiger charge is -2.33. The Morgan fingerprint density at radius 2 is 1.45 bits per heavy atom. The number of halogens is 1. The number of rotatable bonds is 11. The first-order valence-electron chi connectivity index (χ1n) is 13.5. The fourth-order valence-electron chi connectivity index (χ4n) is 4.73. The number of likely N-dealkylation sites (N-methyl/N-ethyl adjacent to an activating group) is 1. The maximum absolute atomic E-state index is 14.3. The van der Waals surface area contributed by atoms with Crippen molar-refractivity contribution >= 4 is 39.1 Å². The van der Waals surface area contributed by atoms with E-state index >= 15 is 0 Å². The van der Waals surface area contributed by atoms with Crippen molar-refractivity contribution in [3.8, 4) is 0 Å². The molecule has 4 rings (SSSR count). The van der Waals surface area contributed by atoms with Crippen molar-refractivity contribution in [2.75, 3.05) is 17.9 Å². The van der Waals surface area contributed by atoms with E-state index in [1.54, 1.807) is 36.4 Å². The lowest BCUT2D eigenvalue weighted by molar-refractivity contribution is -0.139. The van der Waals surface area contributed by atoms with Crippen molar-refractivity contribution in [1.82, 2.24) is 10.2 Å². The summed E-state index contributed by atoms with van der Waals surface area (Å²) in [5, 5.41) is 2.87. The molecule has 2 amide bonds. The molecule has 42 heavy (non-hydrogen) atoms. The van der Waals surface area contributed by atoms with Crippen LogP contribution in [0.3, 0.4) is 0 Å². The van der Waals surface area contributed by atoms with E-state index in [-0.39, 0.29) is 34.5 Å². The highest BCUT2D eigenvalue weighted by Gasteiger charge is 2.35. The molecule has 0 aliphatic carbocycles. The minimum atomic E-state index is -4.21. The molecule has 0 saturated carbocycles. The molecule has 0 heterocycles. The number of aryl methyl sites for hydroxylation is 2. The van der Waals surface area contributed by atoms with Crippen LogP contribution >= 0.6 is 11.6 Å². The summed E-state index contributed by atoms with van der Waals surface area (Å²) in [6, 6.07) is 29.1. The molecular formula is C33H34ClN3O4S. The SMILES string of the molecule is CNC(=O)[C@@H](Cc1ccccc1)N(Cc1cccc(C)c1)C(=O)CN(c1ccccc1Cl)S(=O)(=O)c1ccc(C)cc1. The largest absolute Gasteiger partial charge is 0.357 e. The molecule has 4 aromatic carbocycles. The Bertz CT molecular complexity index is 1640. The number of nitrogens with one attached hydrogen (secondary N) is 1. The minimum absolute atomic E-state index is 0.0261. The van der Waals surface area contributed by atoms with Crippen molar-refractivity contribution in [2.24, 2.45) is 0 Å². The van der Waals surface area contributed by atoms with E-state index in [0.29, 0.717) is 0 Å². The molecule has 0 aliphatic rings. The first-order chi connectivity index (χ1) is 20.1. The van der Waals surface area contributed by atoms with Crippen LogP contribution in [0.4, 0.5) is 5.69 Å². The van der Waals surface area contributed by atoms with Gasteiger partial charge in [0.05, 0.1) is 15.6 Å². The van der Waals surface area contributed by atoms with Gasteiger partial charge in [0.25, 0.3) is 10.0 Å². The second-order valence-corrected chi connectivity index (χ2v) is 12.4. The second-order valence-electron chi connectivity index (χ2n) is 10.1. The van der Waals surface area contributed by atoms with Gasteiger partial charge in [-0.2, -0.15) is 0 Å². The van der Waals surface area contributed by atoms with Crippen LogP contribution in [-0.4, -0.2) is 44.8 Å². The summed E-state index contributed by atoms with van der Waals surface area (Å²) >= 11 is 6.50. The maximum atomic E-state index is 14.3. The van der Waals surface area contributed by atoms with Crippen LogP contribution in [0, 0.1) is 13.8 Å². The summed E-state index contributed by atoms with van der Waals surface area (Å²) < 4.78 is 29.1. The van der Waals surface area contributed by atoms with Crippen LogP contribution in [0.1, 0.15) is 22.3 Å². The van der Waals surface area contributed by atoms with E-state index in [9.17, 15) is 18.0 Å². The van der Waals surface area contributed by atoms with Gasteiger partial charge < -0.3 is 10.2 Å². The van der Waals surface area contributed by atoms with Gasteiger partial charge in [-0.3, -0.25) is 13.9 Å². The number of nitrogens with zero attached hydrogens (tertiary/aromatic N) is 2. The highest BCUT2D eigenvalue weighted by atomic mass is 35.5. The zero-order chi connectivity index (χ0) is 30.3. The van der Waals surface area contributed by atoms with Crippen LogP contribution < -0.4 is 9.62 Å². The normalized spacial score (nSPS) is 11.9. The monoisotopic (exact) mass is 603 g/mol. The first kappa shape index (κ1) is 30.8. The van der Waals surface area contributed by atoms with Crippen LogP contribution in [0.25, 0.3) is 0 Å². The standard InChI is InChI=1S/C33H34ClN3O4S/c1-24-16-18-28(19-17-24)42(40,41)37(30-15-8-7-14-29(30)34)23-32(38)36(22-27-13-9-10-25(2)20-27)31(33(39)35-3)21-26-11-5-4-6-12-26/h4-20,31H,21-23H2,1-3H3,(H,35,39)/t31-/m1/s1. The van der Waals surface area contributed by atoms with Crippen LogP contribution in [0.15, 0.2) is 108 Å². The number of hydrogen-bond acceptors (Lipinski definition) is 4. The molecule has 0 fully saturated rings. The van der Waals surface area contributed by atoms with Gasteiger partial charge in [0.1, 0.15) is 12.6 Å². The second kappa shape index (κ2) is 13.7. The molecule has 0 bridgehead atoms. The van der Waals surface area contributed by atoms with Gasteiger partial charge in [0.2, 0.25) is 11.8 Å². The van der Waals surface area contributed by atoms with Crippen molar-refractivity contribution < 1.29 is 18.0 Å². The molecule has 0 radical (unpaired) electrons. The molecule has 0 saturated heterocycles. The van der Waals surface area contributed by atoms with E-state index in [0.717, 1.165) is 26.6 Å². The number of anilines is 1. The number of carbonyl (C=O) groups is 2. The number of benzene rings is 4. The molecule has 7 nitrogen and oxygen atoms in total. The van der Waals surface area contributed by atoms with Crippen LogP contribution in [-0.2, 0) is 32.6 Å². The third-order valence-corrected chi connectivity index (χ3v) is 9.06. The van der Waals surface area contributed by atoms with Crippen LogP contribution in [0.2, 0.25) is 5.02 Å². The third kappa shape index (κ3) is 7.38. The Kier molecular flexibility index (Phi) is 10.0. The van der Waals surface area contributed by atoms with E-state index in [2.05, 4.69) is 5.32 Å². The Hall–Kier alpha value is -4.14. The molecule has 4 aromatic rings. The summed E-state index contributed by atoms with van der Waals surface area (Å²) in [6.07, 6.45) is 0.245. The average Bonchev–Trinajstić information content (AvgIpc) is 2.98. The average molecular weight is 604 g/mol. The summed E-state index contributed by atoms with van der Waals surface area (Å²) in [6.45, 7) is 3.35. The number of sulfonamides is 1. The zero-order valence-corrected chi connectivity index (χ0v) is 25.4. The number of amides is 2. The van der Waals surface area contributed by atoms with E-state index in [1.807, 2.05) is 68.4 Å². The van der Waals surface area contributed by atoms with Gasteiger partial charge in [-0.1, -0.05) is 102 Å². The molecule has 0 unspecified atom stereocenters. The Morgan fingerprint density at radius 3 is 2.10 bits per heavy atom. The Balaban J connectivity index is 1.80. The maximum Gasteiger partial charge on any atom is 0.264 e. The summed E-state index contributed by atoms with van der Waals surface area (Å²) in [5.74, 6) is -0.901. The Labute approximate surface area is 252 Å². The van der Waals surface area contributed by atoms with Gasteiger partial charge >= 0.3 is 0 Å². The first-order valence-corrected chi connectivity index (χ1v) is 15.4. The number of hydrogen-bond donors (Lipinski definition) is 1.